The van der Waals surface area contributed by atoms with Gasteiger partial charge in [-0.1, -0.05) is 20.8 Å². The monoisotopic (exact) mass is 277 g/mol. The molecule has 18 heavy (non-hydrogen) atoms. The van der Waals surface area contributed by atoms with E-state index in [0.29, 0.717) is 0 Å². The number of halogens is 1. The molecule has 0 unspecified atom stereocenters. The predicted molar refractivity (Wildman–Crippen MR) is 71.1 cm³/mol. The fourth-order valence-electron chi connectivity index (χ4n) is 1.65. The van der Waals surface area contributed by atoms with Gasteiger partial charge in [0.2, 0.25) is 0 Å². The molecule has 2 atom stereocenters. The van der Waals surface area contributed by atoms with Gasteiger partial charge < -0.3 is 26.2 Å². The summed E-state index contributed by atoms with van der Waals surface area (Å²) in [6.45, 7) is 5.39. The summed E-state index contributed by atoms with van der Waals surface area (Å²) in [5.74, 6) is -0.933. The molecule has 6 N–H and O–H groups in total. The Morgan fingerprint density at radius 1 is 1.06 bits per heavy atom. The number of aliphatic hydroxyl groups excluding tert-OH is 1. The van der Waals surface area contributed by atoms with E-state index in [9.17, 15) is 20.4 Å². The lowest BCUT2D eigenvalue weighted by atomic mass is 9.82. The maximum absolute atomic E-state index is 10.0. The Hall–Kier alpha value is -1.17. The summed E-state index contributed by atoms with van der Waals surface area (Å²) in [5, 5.41) is 38.5. The quantitative estimate of drug-likeness (QED) is 0.565. The number of phenols is 3. The lowest BCUT2D eigenvalue weighted by Gasteiger charge is -2.31. The Balaban J connectivity index is 0.00000289. The second kappa shape index (κ2) is 5.65. The minimum atomic E-state index is -0.941. The zero-order chi connectivity index (χ0) is 13.4. The summed E-state index contributed by atoms with van der Waals surface area (Å²) >= 11 is 0. The first-order chi connectivity index (χ1) is 7.64. The van der Waals surface area contributed by atoms with Crippen molar-refractivity contribution in [1.82, 2.24) is 0 Å². The van der Waals surface area contributed by atoms with Gasteiger partial charge >= 0.3 is 0 Å². The Kier molecular flexibility index (Phi) is 5.28. The van der Waals surface area contributed by atoms with E-state index < -0.39 is 17.6 Å². The molecule has 104 valence electrons. The van der Waals surface area contributed by atoms with Crippen molar-refractivity contribution >= 4 is 12.4 Å². The normalized spacial score (nSPS) is 14.7. The fraction of sp³-hybridized carbons (Fsp3) is 0.500. The van der Waals surface area contributed by atoms with Gasteiger partial charge in [-0.2, -0.15) is 0 Å². The van der Waals surface area contributed by atoms with Crippen LogP contribution in [-0.2, 0) is 0 Å². The number of phenolic OH excluding ortho intramolecular Hbond substituents is 3. The smallest absolute Gasteiger partial charge is 0.127 e. The number of hydrogen-bond acceptors (Lipinski definition) is 5. The molecule has 1 aromatic carbocycles. The van der Waals surface area contributed by atoms with Crippen molar-refractivity contribution in [3.05, 3.63) is 17.7 Å². The van der Waals surface area contributed by atoms with Crippen LogP contribution in [-0.4, -0.2) is 26.5 Å². The molecule has 0 bridgehead atoms. The number of aromatic hydroxyl groups is 3. The predicted octanol–water partition coefficient (Wildman–Crippen LogP) is 1.63. The van der Waals surface area contributed by atoms with Crippen LogP contribution in [0.2, 0.25) is 0 Å². The van der Waals surface area contributed by atoms with Crippen LogP contribution in [0.1, 0.15) is 32.4 Å². The summed E-state index contributed by atoms with van der Waals surface area (Å²) < 4.78 is 0. The zero-order valence-electron chi connectivity index (χ0n) is 10.6. The lowest BCUT2D eigenvalue weighted by Crippen LogP contribution is -2.37. The van der Waals surface area contributed by atoms with Crippen LogP contribution in [0.4, 0.5) is 0 Å². The largest absolute Gasteiger partial charge is 0.508 e. The maximum Gasteiger partial charge on any atom is 0.127 e. The van der Waals surface area contributed by atoms with E-state index in [2.05, 4.69) is 0 Å². The second-order valence-corrected chi connectivity index (χ2v) is 5.23. The first-order valence-corrected chi connectivity index (χ1v) is 5.33. The average Bonchev–Trinajstić information content (AvgIpc) is 2.13. The molecule has 6 heteroatoms. The molecule has 0 amide bonds. The van der Waals surface area contributed by atoms with Gasteiger partial charge in [0.15, 0.2) is 0 Å². The Labute approximate surface area is 112 Å². The maximum atomic E-state index is 10.0. The molecule has 0 aliphatic carbocycles. The third-order valence-electron chi connectivity index (χ3n) is 2.68. The van der Waals surface area contributed by atoms with Crippen molar-refractivity contribution in [1.29, 1.82) is 0 Å². The van der Waals surface area contributed by atoms with Gasteiger partial charge in [0.05, 0.1) is 17.7 Å². The molecule has 5 nitrogen and oxygen atoms in total. The van der Waals surface area contributed by atoms with Gasteiger partial charge in [0, 0.05) is 12.1 Å². The molecule has 0 heterocycles. The van der Waals surface area contributed by atoms with Crippen LogP contribution in [0.25, 0.3) is 0 Å². The summed E-state index contributed by atoms with van der Waals surface area (Å²) in [6, 6.07) is 1.21. The Bertz CT molecular complexity index is 394. The van der Waals surface area contributed by atoms with E-state index in [4.69, 9.17) is 5.73 Å². The van der Waals surface area contributed by atoms with Gasteiger partial charge in [-0.15, -0.1) is 12.4 Å². The van der Waals surface area contributed by atoms with Crippen molar-refractivity contribution in [2.75, 3.05) is 0 Å². The molecule has 0 fully saturated rings. The molecule has 0 saturated carbocycles. The topological polar surface area (TPSA) is 107 Å². The number of hydrogen-bond donors (Lipinski definition) is 5. The minimum absolute atomic E-state index is 0. The van der Waals surface area contributed by atoms with Crippen LogP contribution < -0.4 is 5.73 Å². The zero-order valence-corrected chi connectivity index (χ0v) is 11.4. The SMILES string of the molecule is CC(C)(C)[C@H](O)[C@H](N)c1c(O)cc(O)cc1O.Cl. The Morgan fingerprint density at radius 3 is 1.78 bits per heavy atom. The molecule has 1 aromatic rings. The van der Waals surface area contributed by atoms with Gasteiger partial charge in [0.1, 0.15) is 17.2 Å². The number of benzene rings is 1. The lowest BCUT2D eigenvalue weighted by molar-refractivity contribution is 0.0388. The van der Waals surface area contributed by atoms with Crippen molar-refractivity contribution in [2.45, 2.75) is 32.9 Å². The third kappa shape index (κ3) is 3.41. The molecule has 0 aromatic heterocycles. The standard InChI is InChI=1S/C12H19NO4.ClH/c1-12(2,3)11(17)10(13)9-7(15)4-6(14)5-8(9)16;/h4-5,10-11,14-17H,13H2,1-3H3;1H/t10-,11-;/m1./s1. The molecule has 0 aliphatic heterocycles. The van der Waals surface area contributed by atoms with E-state index in [0.717, 1.165) is 12.1 Å². The van der Waals surface area contributed by atoms with Gasteiger partial charge in [-0.3, -0.25) is 0 Å². The van der Waals surface area contributed by atoms with Crippen molar-refractivity contribution in [3.63, 3.8) is 0 Å². The molecular weight excluding hydrogens is 258 g/mol. The molecule has 0 saturated heterocycles. The van der Waals surface area contributed by atoms with Gasteiger partial charge in [-0.25, -0.2) is 0 Å². The summed E-state index contributed by atoms with van der Waals surface area (Å²) in [5.41, 5.74) is 5.37. The third-order valence-corrected chi connectivity index (χ3v) is 2.68. The molecule has 0 radical (unpaired) electrons. The first kappa shape index (κ1) is 16.8. The van der Waals surface area contributed by atoms with E-state index in [-0.39, 0.29) is 35.2 Å². The minimum Gasteiger partial charge on any atom is -0.508 e. The van der Waals surface area contributed by atoms with Crippen molar-refractivity contribution in [2.24, 2.45) is 11.1 Å². The van der Waals surface area contributed by atoms with E-state index >= 15 is 0 Å². The summed E-state index contributed by atoms with van der Waals surface area (Å²) in [4.78, 5) is 0. The number of nitrogens with two attached hydrogens (primary N) is 1. The summed E-state index contributed by atoms with van der Waals surface area (Å²) in [7, 11) is 0. The Morgan fingerprint density at radius 2 is 1.44 bits per heavy atom. The summed E-state index contributed by atoms with van der Waals surface area (Å²) in [6.07, 6.45) is -0.941. The van der Waals surface area contributed by atoms with Crippen LogP contribution in [0.3, 0.4) is 0 Å². The molecule has 0 aliphatic rings. The average molecular weight is 278 g/mol. The highest BCUT2D eigenvalue weighted by Crippen LogP contribution is 2.39. The molecule has 1 rings (SSSR count). The fourth-order valence-corrected chi connectivity index (χ4v) is 1.65. The first-order valence-electron chi connectivity index (χ1n) is 5.33. The highest BCUT2D eigenvalue weighted by molar-refractivity contribution is 5.85. The number of aliphatic hydroxyl groups is 1. The van der Waals surface area contributed by atoms with Crippen molar-refractivity contribution in [3.8, 4) is 17.2 Å². The highest BCUT2D eigenvalue weighted by Gasteiger charge is 2.32. The highest BCUT2D eigenvalue weighted by atomic mass is 35.5. The van der Waals surface area contributed by atoms with Gasteiger partial charge in [-0.05, 0) is 5.41 Å². The molecular formula is C12H20ClNO4. The van der Waals surface area contributed by atoms with Crippen LogP contribution in [0.5, 0.6) is 17.2 Å². The molecule has 0 spiro atoms. The number of rotatable bonds is 2. The van der Waals surface area contributed by atoms with Gasteiger partial charge in [0.25, 0.3) is 0 Å². The van der Waals surface area contributed by atoms with Crippen LogP contribution in [0.15, 0.2) is 12.1 Å². The van der Waals surface area contributed by atoms with Crippen LogP contribution in [0, 0.1) is 5.41 Å². The van der Waals surface area contributed by atoms with E-state index in [1.807, 2.05) is 0 Å². The van der Waals surface area contributed by atoms with Crippen molar-refractivity contribution < 1.29 is 20.4 Å². The van der Waals surface area contributed by atoms with E-state index in [1.165, 1.54) is 0 Å². The van der Waals surface area contributed by atoms with E-state index in [1.54, 1.807) is 20.8 Å². The van der Waals surface area contributed by atoms with Crippen LogP contribution >= 0.6 is 12.4 Å². The second-order valence-electron chi connectivity index (χ2n) is 5.23.